The molecule has 2 N–H and O–H groups in total. The van der Waals surface area contributed by atoms with Crippen LogP contribution in [0.4, 0.5) is 5.69 Å². The third-order valence-corrected chi connectivity index (χ3v) is 4.02. The Balaban J connectivity index is 1.55. The average Bonchev–Trinajstić information content (AvgIpc) is 3.03. The molecule has 0 saturated heterocycles. The molecule has 7 heteroatoms. The lowest BCUT2D eigenvalue weighted by molar-refractivity contribution is -0.119. The zero-order chi connectivity index (χ0) is 16.1. The lowest BCUT2D eigenvalue weighted by Gasteiger charge is -2.09. The zero-order valence-corrected chi connectivity index (χ0v) is 13.8. The molecule has 0 aliphatic heterocycles. The summed E-state index contributed by atoms with van der Waals surface area (Å²) in [6.07, 6.45) is 1.06. The number of aromatic nitrogens is 2. The second-order valence-electron chi connectivity index (χ2n) is 4.93. The van der Waals surface area contributed by atoms with Crippen LogP contribution in [0.2, 0.25) is 0 Å². The fourth-order valence-corrected chi connectivity index (χ4v) is 2.93. The number of fused-ring (bicyclic) bond motifs is 1. The maximum Gasteiger partial charge on any atom is 0.226 e. The Morgan fingerprint density at radius 3 is 2.74 bits per heavy atom. The Morgan fingerprint density at radius 1 is 1.09 bits per heavy atom. The molecule has 0 saturated carbocycles. The third kappa shape index (κ3) is 4.08. The van der Waals surface area contributed by atoms with E-state index in [4.69, 9.17) is 12.2 Å². The Kier molecular flexibility index (Phi) is 4.89. The number of thiocarbonyl (C=S) groups is 1. The van der Waals surface area contributed by atoms with Crippen LogP contribution in [0.15, 0.2) is 48.5 Å². The van der Waals surface area contributed by atoms with Crippen LogP contribution >= 0.6 is 23.9 Å². The maximum atomic E-state index is 12.0. The van der Waals surface area contributed by atoms with Gasteiger partial charge in [0.2, 0.25) is 5.91 Å². The highest BCUT2D eigenvalue weighted by Crippen LogP contribution is 2.20. The topological polar surface area (TPSA) is 66.9 Å². The van der Waals surface area contributed by atoms with Crippen molar-refractivity contribution in [1.29, 1.82) is 0 Å². The van der Waals surface area contributed by atoms with E-state index in [1.807, 2.05) is 48.5 Å². The summed E-state index contributed by atoms with van der Waals surface area (Å²) in [5, 5.41) is 5.96. The van der Waals surface area contributed by atoms with Gasteiger partial charge in [-0.15, -0.1) is 0 Å². The number of carbonyl (C=O) groups excluding carboxylic acids is 1. The van der Waals surface area contributed by atoms with Crippen molar-refractivity contribution < 1.29 is 4.79 Å². The Labute approximate surface area is 143 Å². The fourth-order valence-electron chi connectivity index (χ4n) is 2.15. The fraction of sp³-hybridized carbons (Fsp3) is 0.125. The molecule has 0 aliphatic rings. The molecule has 0 aliphatic carbocycles. The van der Waals surface area contributed by atoms with E-state index in [1.165, 1.54) is 0 Å². The predicted molar refractivity (Wildman–Crippen MR) is 96.5 cm³/mol. The molecular weight excluding hydrogens is 328 g/mol. The van der Waals surface area contributed by atoms with Crippen LogP contribution in [0.1, 0.15) is 12.0 Å². The number of anilines is 1. The SMILES string of the molecule is O=C(CCc1ccccc1)NC(=S)Nc1cccc2nsnc12. The number of hydrogen-bond acceptors (Lipinski definition) is 5. The van der Waals surface area contributed by atoms with E-state index in [-0.39, 0.29) is 11.0 Å². The van der Waals surface area contributed by atoms with Crippen molar-refractivity contribution in [1.82, 2.24) is 14.1 Å². The van der Waals surface area contributed by atoms with Crippen LogP contribution in [0.25, 0.3) is 11.0 Å². The first-order chi connectivity index (χ1) is 11.2. The minimum absolute atomic E-state index is 0.116. The standard InChI is InChI=1S/C16H14N4OS2/c21-14(10-9-11-5-2-1-3-6-11)18-16(22)17-12-7-4-8-13-15(12)20-23-19-13/h1-8H,9-10H2,(H2,17,18,21,22). The number of benzene rings is 2. The van der Waals surface area contributed by atoms with E-state index in [9.17, 15) is 4.79 Å². The number of aryl methyl sites for hydroxylation is 1. The molecule has 1 amide bonds. The minimum atomic E-state index is -0.116. The normalized spacial score (nSPS) is 10.4. The Morgan fingerprint density at radius 2 is 1.91 bits per heavy atom. The van der Waals surface area contributed by atoms with Crippen LogP contribution in [-0.4, -0.2) is 19.8 Å². The summed E-state index contributed by atoms with van der Waals surface area (Å²) in [5.41, 5.74) is 3.42. The molecule has 2 aromatic carbocycles. The van der Waals surface area contributed by atoms with Gasteiger partial charge in [-0.25, -0.2) is 0 Å². The maximum absolute atomic E-state index is 12.0. The van der Waals surface area contributed by atoms with Crippen molar-refractivity contribution in [2.45, 2.75) is 12.8 Å². The minimum Gasteiger partial charge on any atom is -0.331 e. The second-order valence-corrected chi connectivity index (χ2v) is 5.86. The van der Waals surface area contributed by atoms with E-state index in [0.717, 1.165) is 34.0 Å². The molecule has 0 atom stereocenters. The van der Waals surface area contributed by atoms with Gasteiger partial charge in [0, 0.05) is 6.42 Å². The van der Waals surface area contributed by atoms with Gasteiger partial charge in [-0.1, -0.05) is 36.4 Å². The summed E-state index contributed by atoms with van der Waals surface area (Å²) in [4.78, 5) is 12.0. The molecule has 0 bridgehead atoms. The molecule has 0 fully saturated rings. The summed E-state index contributed by atoms with van der Waals surface area (Å²) in [5.74, 6) is -0.116. The number of rotatable bonds is 4. The molecule has 0 unspecified atom stereocenters. The highest BCUT2D eigenvalue weighted by Gasteiger charge is 2.09. The van der Waals surface area contributed by atoms with Gasteiger partial charge in [0.25, 0.3) is 0 Å². The largest absolute Gasteiger partial charge is 0.331 e. The first-order valence-electron chi connectivity index (χ1n) is 7.08. The molecule has 23 heavy (non-hydrogen) atoms. The van der Waals surface area contributed by atoms with Gasteiger partial charge < -0.3 is 10.6 Å². The highest BCUT2D eigenvalue weighted by atomic mass is 32.1. The molecular formula is C16H14N4OS2. The summed E-state index contributed by atoms with van der Waals surface area (Å²) in [6, 6.07) is 15.5. The van der Waals surface area contributed by atoms with E-state index < -0.39 is 0 Å². The average molecular weight is 342 g/mol. The number of hydrogen-bond donors (Lipinski definition) is 2. The van der Waals surface area contributed by atoms with Crippen LogP contribution in [-0.2, 0) is 11.2 Å². The lowest BCUT2D eigenvalue weighted by atomic mass is 10.1. The van der Waals surface area contributed by atoms with Crippen molar-refractivity contribution in [2.75, 3.05) is 5.32 Å². The zero-order valence-electron chi connectivity index (χ0n) is 12.2. The number of amides is 1. The molecule has 1 heterocycles. The number of nitrogens with zero attached hydrogens (tertiary/aromatic N) is 2. The van der Waals surface area contributed by atoms with E-state index >= 15 is 0 Å². The van der Waals surface area contributed by atoms with Crippen molar-refractivity contribution in [3.63, 3.8) is 0 Å². The van der Waals surface area contributed by atoms with Crippen molar-refractivity contribution >= 4 is 51.7 Å². The molecule has 3 aromatic rings. The van der Waals surface area contributed by atoms with E-state index in [0.29, 0.717) is 12.8 Å². The number of carbonyl (C=O) groups is 1. The van der Waals surface area contributed by atoms with Crippen molar-refractivity contribution in [2.24, 2.45) is 0 Å². The quantitative estimate of drug-likeness (QED) is 0.713. The second kappa shape index (κ2) is 7.26. The molecule has 1 aromatic heterocycles. The van der Waals surface area contributed by atoms with Crippen molar-refractivity contribution in [3.05, 3.63) is 54.1 Å². The van der Waals surface area contributed by atoms with Gasteiger partial charge >= 0.3 is 0 Å². The monoisotopic (exact) mass is 342 g/mol. The highest BCUT2D eigenvalue weighted by molar-refractivity contribution is 7.80. The van der Waals surface area contributed by atoms with Gasteiger partial charge in [0.15, 0.2) is 5.11 Å². The summed E-state index contributed by atoms with van der Waals surface area (Å²) < 4.78 is 8.39. The smallest absolute Gasteiger partial charge is 0.226 e. The van der Waals surface area contributed by atoms with Gasteiger partial charge in [-0.3, -0.25) is 4.79 Å². The summed E-state index contributed by atoms with van der Waals surface area (Å²) in [7, 11) is 0. The van der Waals surface area contributed by atoms with Crippen LogP contribution in [0.5, 0.6) is 0 Å². The first-order valence-corrected chi connectivity index (χ1v) is 8.22. The van der Waals surface area contributed by atoms with Crippen LogP contribution < -0.4 is 10.6 Å². The van der Waals surface area contributed by atoms with Gasteiger partial charge in [0.1, 0.15) is 11.0 Å². The van der Waals surface area contributed by atoms with E-state index in [1.54, 1.807) is 0 Å². The molecule has 0 radical (unpaired) electrons. The number of nitrogens with one attached hydrogen (secondary N) is 2. The Bertz CT molecular complexity index is 832. The van der Waals surface area contributed by atoms with Gasteiger partial charge in [-0.2, -0.15) is 8.75 Å². The molecule has 3 rings (SSSR count). The third-order valence-electron chi connectivity index (χ3n) is 3.27. The lowest BCUT2D eigenvalue weighted by Crippen LogP contribution is -2.34. The molecule has 0 spiro atoms. The predicted octanol–water partition coefficient (Wildman–Crippen LogP) is 3.14. The van der Waals surface area contributed by atoms with E-state index in [2.05, 4.69) is 19.4 Å². The van der Waals surface area contributed by atoms with Gasteiger partial charge in [0.05, 0.1) is 17.4 Å². The van der Waals surface area contributed by atoms with Gasteiger partial charge in [-0.05, 0) is 36.3 Å². The Hall–Kier alpha value is -2.38. The molecule has 116 valence electrons. The summed E-state index contributed by atoms with van der Waals surface area (Å²) >= 11 is 6.34. The molecule has 5 nitrogen and oxygen atoms in total. The summed E-state index contributed by atoms with van der Waals surface area (Å²) in [6.45, 7) is 0. The first kappa shape index (κ1) is 15.5. The van der Waals surface area contributed by atoms with Crippen LogP contribution in [0, 0.1) is 0 Å². The van der Waals surface area contributed by atoms with Crippen molar-refractivity contribution in [3.8, 4) is 0 Å². The van der Waals surface area contributed by atoms with Crippen LogP contribution in [0.3, 0.4) is 0 Å².